The van der Waals surface area contributed by atoms with Crippen molar-refractivity contribution in [2.24, 2.45) is 0 Å². The monoisotopic (exact) mass is 447 g/mol. The van der Waals surface area contributed by atoms with Gasteiger partial charge in [0, 0.05) is 17.3 Å². The lowest BCUT2D eigenvalue weighted by Gasteiger charge is -2.13. The van der Waals surface area contributed by atoms with Crippen molar-refractivity contribution in [2.75, 3.05) is 12.4 Å². The van der Waals surface area contributed by atoms with Crippen molar-refractivity contribution < 1.29 is 23.0 Å². The molecule has 6 nitrogen and oxygen atoms in total. The van der Waals surface area contributed by atoms with E-state index >= 15 is 0 Å². The average molecular weight is 447 g/mol. The SMILES string of the molecule is COc1ccc(-c2cc(NC(=O)/C=C/c3cnc4ccccc4n3)ccc2OC(F)F)cc1. The molecule has 0 radical (unpaired) electrons. The van der Waals surface area contributed by atoms with Crippen molar-refractivity contribution in [3.05, 3.63) is 84.7 Å². The summed E-state index contributed by atoms with van der Waals surface area (Å²) >= 11 is 0. The molecule has 1 heterocycles. The van der Waals surface area contributed by atoms with Gasteiger partial charge in [-0.1, -0.05) is 24.3 Å². The van der Waals surface area contributed by atoms with E-state index in [2.05, 4.69) is 20.0 Å². The van der Waals surface area contributed by atoms with Gasteiger partial charge in [0.25, 0.3) is 0 Å². The van der Waals surface area contributed by atoms with Crippen LogP contribution in [0.2, 0.25) is 0 Å². The van der Waals surface area contributed by atoms with E-state index in [4.69, 9.17) is 4.74 Å². The van der Waals surface area contributed by atoms with E-state index in [9.17, 15) is 13.6 Å². The maximum absolute atomic E-state index is 12.9. The summed E-state index contributed by atoms with van der Waals surface area (Å²) in [7, 11) is 1.54. The summed E-state index contributed by atoms with van der Waals surface area (Å²) < 4.78 is 35.5. The van der Waals surface area contributed by atoms with Crippen LogP contribution >= 0.6 is 0 Å². The number of alkyl halides is 2. The predicted molar refractivity (Wildman–Crippen MR) is 122 cm³/mol. The summed E-state index contributed by atoms with van der Waals surface area (Å²) in [5.74, 6) is 0.213. The molecule has 33 heavy (non-hydrogen) atoms. The summed E-state index contributed by atoms with van der Waals surface area (Å²) in [6.07, 6.45) is 4.45. The number of nitrogens with zero attached hydrogens (tertiary/aromatic N) is 2. The minimum Gasteiger partial charge on any atom is -0.497 e. The number of anilines is 1. The summed E-state index contributed by atoms with van der Waals surface area (Å²) in [6, 6.07) is 18.7. The van der Waals surface area contributed by atoms with Crippen LogP contribution in [0, 0.1) is 0 Å². The zero-order valence-corrected chi connectivity index (χ0v) is 17.5. The number of para-hydroxylation sites is 2. The van der Waals surface area contributed by atoms with Gasteiger partial charge >= 0.3 is 6.61 Å². The van der Waals surface area contributed by atoms with Gasteiger partial charge in [0.1, 0.15) is 11.5 Å². The van der Waals surface area contributed by atoms with E-state index in [0.717, 1.165) is 11.0 Å². The molecule has 4 aromatic rings. The third-order valence-corrected chi connectivity index (χ3v) is 4.74. The van der Waals surface area contributed by atoms with Gasteiger partial charge in [0.15, 0.2) is 0 Å². The lowest BCUT2D eigenvalue weighted by atomic mass is 10.0. The first-order chi connectivity index (χ1) is 16.0. The molecule has 1 amide bonds. The quantitative estimate of drug-likeness (QED) is 0.376. The molecular weight excluding hydrogens is 428 g/mol. The van der Waals surface area contributed by atoms with Gasteiger partial charge in [-0.25, -0.2) is 4.98 Å². The van der Waals surface area contributed by atoms with Crippen LogP contribution in [-0.4, -0.2) is 29.6 Å². The number of hydrogen-bond acceptors (Lipinski definition) is 5. The molecule has 0 fully saturated rings. The average Bonchev–Trinajstić information content (AvgIpc) is 2.83. The zero-order chi connectivity index (χ0) is 23.2. The highest BCUT2D eigenvalue weighted by Gasteiger charge is 2.13. The summed E-state index contributed by atoms with van der Waals surface area (Å²) in [5, 5.41) is 2.72. The molecule has 0 bridgehead atoms. The van der Waals surface area contributed by atoms with Crippen molar-refractivity contribution in [2.45, 2.75) is 6.61 Å². The Morgan fingerprint density at radius 2 is 1.79 bits per heavy atom. The van der Waals surface area contributed by atoms with E-state index in [1.165, 1.54) is 25.3 Å². The van der Waals surface area contributed by atoms with Crippen molar-refractivity contribution in [1.29, 1.82) is 0 Å². The second-order valence-corrected chi connectivity index (χ2v) is 6.92. The second kappa shape index (κ2) is 9.86. The van der Waals surface area contributed by atoms with Crippen LogP contribution in [0.1, 0.15) is 5.69 Å². The van der Waals surface area contributed by atoms with Gasteiger partial charge in [-0.3, -0.25) is 9.78 Å². The Bertz CT molecular complexity index is 1310. The van der Waals surface area contributed by atoms with Crippen molar-refractivity contribution >= 4 is 28.7 Å². The molecule has 0 saturated carbocycles. The fourth-order valence-electron chi connectivity index (χ4n) is 3.20. The third kappa shape index (κ3) is 5.48. The standard InChI is InChI=1S/C25H19F2N3O3/c1-32-19-10-6-16(7-11-19)20-14-17(8-12-23(20)33-25(26)27)30-24(31)13-9-18-15-28-21-4-2-3-5-22(21)29-18/h2-15,25H,1H3,(H,30,31)/b13-9+. The maximum Gasteiger partial charge on any atom is 0.387 e. The maximum atomic E-state index is 12.9. The van der Waals surface area contributed by atoms with Gasteiger partial charge in [-0.05, 0) is 54.1 Å². The Morgan fingerprint density at radius 1 is 1.03 bits per heavy atom. The van der Waals surface area contributed by atoms with E-state index in [1.807, 2.05) is 24.3 Å². The Hall–Kier alpha value is -4.33. The number of benzene rings is 3. The number of carbonyl (C=O) groups excluding carboxylic acids is 1. The molecule has 0 aliphatic heterocycles. The highest BCUT2D eigenvalue weighted by Crippen LogP contribution is 2.34. The van der Waals surface area contributed by atoms with E-state index in [1.54, 1.807) is 42.6 Å². The molecule has 4 rings (SSSR count). The first-order valence-corrected chi connectivity index (χ1v) is 9.96. The third-order valence-electron chi connectivity index (χ3n) is 4.74. The fraction of sp³-hybridized carbons (Fsp3) is 0.0800. The first-order valence-electron chi connectivity index (χ1n) is 9.96. The fourth-order valence-corrected chi connectivity index (χ4v) is 3.20. The largest absolute Gasteiger partial charge is 0.497 e. The van der Waals surface area contributed by atoms with Crippen molar-refractivity contribution in [3.63, 3.8) is 0 Å². The number of carbonyl (C=O) groups is 1. The highest BCUT2D eigenvalue weighted by atomic mass is 19.3. The van der Waals surface area contributed by atoms with Gasteiger partial charge < -0.3 is 14.8 Å². The molecule has 0 atom stereocenters. The number of rotatable bonds is 7. The van der Waals surface area contributed by atoms with Gasteiger partial charge in [0.05, 0.1) is 30.0 Å². The van der Waals surface area contributed by atoms with Crippen LogP contribution in [0.15, 0.2) is 79.0 Å². The zero-order valence-electron chi connectivity index (χ0n) is 17.5. The number of amides is 1. The predicted octanol–water partition coefficient (Wildman–Crippen LogP) is 5.56. The van der Waals surface area contributed by atoms with Gasteiger partial charge in [-0.15, -0.1) is 0 Å². The summed E-state index contributed by atoms with van der Waals surface area (Å²) in [5.41, 5.74) is 3.46. The molecule has 1 N–H and O–H groups in total. The van der Waals surface area contributed by atoms with Crippen LogP contribution in [0.25, 0.3) is 28.2 Å². The van der Waals surface area contributed by atoms with Gasteiger partial charge in [0.2, 0.25) is 5.91 Å². The Morgan fingerprint density at radius 3 is 2.52 bits per heavy atom. The highest BCUT2D eigenvalue weighted by molar-refractivity contribution is 6.02. The van der Waals surface area contributed by atoms with Crippen molar-refractivity contribution in [1.82, 2.24) is 9.97 Å². The molecule has 0 saturated heterocycles. The number of ether oxygens (including phenoxy) is 2. The number of hydrogen-bond donors (Lipinski definition) is 1. The smallest absolute Gasteiger partial charge is 0.387 e. The van der Waals surface area contributed by atoms with Crippen LogP contribution in [0.4, 0.5) is 14.5 Å². The molecule has 1 aromatic heterocycles. The number of halogens is 2. The normalized spacial score (nSPS) is 11.2. The molecule has 0 aliphatic carbocycles. The molecule has 0 aliphatic rings. The molecule has 8 heteroatoms. The van der Waals surface area contributed by atoms with Crippen molar-refractivity contribution in [3.8, 4) is 22.6 Å². The number of fused-ring (bicyclic) bond motifs is 1. The van der Waals surface area contributed by atoms with E-state index < -0.39 is 12.5 Å². The summed E-state index contributed by atoms with van der Waals surface area (Å²) in [6.45, 7) is -2.98. The number of methoxy groups -OCH3 is 1. The molecular formula is C25H19F2N3O3. The Balaban J connectivity index is 1.54. The summed E-state index contributed by atoms with van der Waals surface area (Å²) in [4.78, 5) is 21.2. The van der Waals surface area contributed by atoms with Gasteiger partial charge in [-0.2, -0.15) is 8.78 Å². The van der Waals surface area contributed by atoms with Crippen LogP contribution in [0.5, 0.6) is 11.5 Å². The van der Waals surface area contributed by atoms with Crippen LogP contribution < -0.4 is 14.8 Å². The second-order valence-electron chi connectivity index (χ2n) is 6.92. The lowest BCUT2D eigenvalue weighted by molar-refractivity contribution is -0.111. The number of aromatic nitrogens is 2. The first kappa shape index (κ1) is 21.9. The minimum absolute atomic E-state index is 0.00449. The molecule has 0 unspecified atom stereocenters. The topological polar surface area (TPSA) is 73.3 Å². The lowest BCUT2D eigenvalue weighted by Crippen LogP contribution is -2.09. The molecule has 0 spiro atoms. The Kier molecular flexibility index (Phi) is 6.54. The minimum atomic E-state index is -2.98. The Labute approximate surface area is 188 Å². The van der Waals surface area contributed by atoms with E-state index in [-0.39, 0.29) is 5.75 Å². The van der Waals surface area contributed by atoms with Crippen LogP contribution in [0.3, 0.4) is 0 Å². The van der Waals surface area contributed by atoms with E-state index in [0.29, 0.717) is 28.3 Å². The number of nitrogens with one attached hydrogen (secondary N) is 1. The van der Waals surface area contributed by atoms with Crippen LogP contribution in [-0.2, 0) is 4.79 Å². The molecule has 3 aromatic carbocycles. The molecule has 166 valence electrons.